The molecule has 66 valence electrons. The molecule has 4 heteroatoms. The predicted molar refractivity (Wildman–Crippen MR) is 56.6 cm³/mol. The van der Waals surface area contributed by atoms with Crippen molar-refractivity contribution >= 4 is 37.6 Å². The van der Waals surface area contributed by atoms with Crippen molar-refractivity contribution in [3.63, 3.8) is 0 Å². The fourth-order valence-electron chi connectivity index (χ4n) is 0.874. The van der Waals surface area contributed by atoms with Gasteiger partial charge in [-0.2, -0.15) is 5.26 Å². The summed E-state index contributed by atoms with van der Waals surface area (Å²) in [5.41, 5.74) is 0.992. The van der Waals surface area contributed by atoms with Crippen LogP contribution in [0.5, 0.6) is 0 Å². The number of carbonyl (C=O) groups is 1. The minimum Gasteiger partial charge on any atom is -0.295 e. The summed E-state index contributed by atoms with van der Waals surface area (Å²) in [7, 11) is 0. The minimum absolute atomic E-state index is 0.0512. The van der Waals surface area contributed by atoms with Gasteiger partial charge >= 0.3 is 0 Å². The van der Waals surface area contributed by atoms with Crippen LogP contribution < -0.4 is 0 Å². The zero-order chi connectivity index (χ0) is 10.0. The van der Waals surface area contributed by atoms with Gasteiger partial charge in [0.15, 0.2) is 5.78 Å². The molecule has 0 bridgehead atoms. The maximum absolute atomic E-state index is 11.0. The largest absolute Gasteiger partial charge is 0.295 e. The molecule has 0 radical (unpaired) electrons. The Bertz CT molecular complexity index is 407. The molecule has 1 aromatic rings. The van der Waals surface area contributed by atoms with Crippen LogP contribution in [0.25, 0.3) is 0 Å². The van der Waals surface area contributed by atoms with E-state index in [2.05, 4.69) is 31.9 Å². The van der Waals surface area contributed by atoms with E-state index < -0.39 is 0 Å². The smallest absolute Gasteiger partial charge is 0.159 e. The van der Waals surface area contributed by atoms with Crippen molar-refractivity contribution in [2.24, 2.45) is 0 Å². The Hall–Kier alpha value is -0.660. The average Bonchev–Trinajstić information content (AvgIpc) is 2.09. The van der Waals surface area contributed by atoms with Crippen LogP contribution in [0.2, 0.25) is 0 Å². The monoisotopic (exact) mass is 301 g/mol. The van der Waals surface area contributed by atoms with Gasteiger partial charge in [-0.1, -0.05) is 0 Å². The van der Waals surface area contributed by atoms with Crippen molar-refractivity contribution in [2.45, 2.75) is 6.92 Å². The molecule has 1 rings (SSSR count). The third-order valence-electron chi connectivity index (χ3n) is 1.56. The molecular formula is C9H5Br2NO. The second-order valence-electron chi connectivity index (χ2n) is 2.49. The molecule has 0 spiro atoms. The third-order valence-corrected chi connectivity index (χ3v) is 3.57. The quantitative estimate of drug-likeness (QED) is 0.747. The number of hydrogen-bond acceptors (Lipinski definition) is 2. The summed E-state index contributed by atoms with van der Waals surface area (Å²) < 4.78 is 1.40. The van der Waals surface area contributed by atoms with Crippen molar-refractivity contribution in [2.75, 3.05) is 0 Å². The molecule has 0 aliphatic carbocycles. The lowest BCUT2D eigenvalue weighted by molar-refractivity contribution is 0.101. The molecule has 0 N–H and O–H groups in total. The van der Waals surface area contributed by atoms with E-state index in [1.807, 2.05) is 6.07 Å². The highest BCUT2D eigenvalue weighted by molar-refractivity contribution is 9.13. The first kappa shape index (κ1) is 10.4. The Morgan fingerprint density at radius 3 is 2.54 bits per heavy atom. The van der Waals surface area contributed by atoms with Crippen molar-refractivity contribution in [1.29, 1.82) is 5.26 Å². The summed E-state index contributed by atoms with van der Waals surface area (Å²) in [6.07, 6.45) is 0. The Kier molecular flexibility index (Phi) is 3.23. The maximum atomic E-state index is 11.0. The number of benzene rings is 1. The van der Waals surface area contributed by atoms with Gasteiger partial charge in [-0.05, 0) is 50.9 Å². The van der Waals surface area contributed by atoms with Gasteiger partial charge in [0.1, 0.15) is 6.07 Å². The normalized spacial score (nSPS) is 9.38. The van der Waals surface area contributed by atoms with Crippen LogP contribution in [0.4, 0.5) is 0 Å². The van der Waals surface area contributed by atoms with E-state index in [0.29, 0.717) is 15.6 Å². The lowest BCUT2D eigenvalue weighted by atomic mass is 10.1. The molecule has 13 heavy (non-hydrogen) atoms. The molecule has 1 aromatic carbocycles. The minimum atomic E-state index is -0.0512. The van der Waals surface area contributed by atoms with Crippen molar-refractivity contribution in [3.05, 3.63) is 32.2 Å². The summed E-state index contributed by atoms with van der Waals surface area (Å²) in [6, 6.07) is 5.26. The van der Waals surface area contributed by atoms with E-state index in [1.54, 1.807) is 12.1 Å². The fraction of sp³-hybridized carbons (Fsp3) is 0.111. The van der Waals surface area contributed by atoms with E-state index in [0.717, 1.165) is 4.47 Å². The second kappa shape index (κ2) is 4.03. The summed E-state index contributed by atoms with van der Waals surface area (Å²) in [5.74, 6) is -0.0512. The van der Waals surface area contributed by atoms with Crippen molar-refractivity contribution in [3.8, 4) is 6.07 Å². The number of nitriles is 1. The number of carbonyl (C=O) groups excluding carboxylic acids is 1. The Balaban J connectivity index is 3.41. The van der Waals surface area contributed by atoms with Gasteiger partial charge in [-0.15, -0.1) is 0 Å². The lowest BCUT2D eigenvalue weighted by Crippen LogP contribution is -1.93. The lowest BCUT2D eigenvalue weighted by Gasteiger charge is -2.01. The van der Waals surface area contributed by atoms with Gasteiger partial charge in [-0.25, -0.2) is 0 Å². The molecule has 0 saturated carbocycles. The zero-order valence-corrected chi connectivity index (χ0v) is 9.94. The van der Waals surface area contributed by atoms with Crippen LogP contribution in [0.15, 0.2) is 21.1 Å². The Labute approximate surface area is 92.8 Å². The summed E-state index contributed by atoms with van der Waals surface area (Å²) in [4.78, 5) is 11.0. The Morgan fingerprint density at radius 1 is 1.46 bits per heavy atom. The van der Waals surface area contributed by atoms with Gasteiger partial charge in [0, 0.05) is 14.5 Å². The van der Waals surface area contributed by atoms with Crippen LogP contribution >= 0.6 is 31.9 Å². The first-order valence-corrected chi connectivity index (χ1v) is 5.05. The maximum Gasteiger partial charge on any atom is 0.159 e. The fourth-order valence-corrected chi connectivity index (χ4v) is 1.65. The number of nitrogens with zero attached hydrogens (tertiary/aromatic N) is 1. The molecule has 0 unspecified atom stereocenters. The first-order chi connectivity index (χ1) is 6.06. The van der Waals surface area contributed by atoms with Gasteiger partial charge in [-0.3, -0.25) is 4.79 Å². The van der Waals surface area contributed by atoms with Gasteiger partial charge < -0.3 is 0 Å². The standard InChI is InChI=1S/C9H5Br2NO/c1-5(13)6-2-7(4-12)9(11)8(10)3-6/h2-3H,1H3. The number of ketones is 1. The van der Waals surface area contributed by atoms with E-state index >= 15 is 0 Å². The molecule has 0 amide bonds. The SMILES string of the molecule is CC(=O)c1cc(Br)c(Br)c(C#N)c1. The van der Waals surface area contributed by atoms with Crippen molar-refractivity contribution < 1.29 is 4.79 Å². The average molecular weight is 303 g/mol. The summed E-state index contributed by atoms with van der Waals surface area (Å²) in [5, 5.41) is 8.74. The van der Waals surface area contributed by atoms with Gasteiger partial charge in [0.05, 0.1) is 5.56 Å². The van der Waals surface area contributed by atoms with Crippen LogP contribution in [0.1, 0.15) is 22.8 Å². The third kappa shape index (κ3) is 2.17. The van der Waals surface area contributed by atoms with E-state index in [4.69, 9.17) is 5.26 Å². The highest BCUT2D eigenvalue weighted by atomic mass is 79.9. The predicted octanol–water partition coefficient (Wildman–Crippen LogP) is 3.29. The van der Waals surface area contributed by atoms with Crippen LogP contribution in [-0.4, -0.2) is 5.78 Å². The summed E-state index contributed by atoms with van der Waals surface area (Å²) >= 11 is 6.50. The highest BCUT2D eigenvalue weighted by Gasteiger charge is 2.08. The molecule has 0 aliphatic heterocycles. The zero-order valence-electron chi connectivity index (χ0n) is 6.77. The second-order valence-corrected chi connectivity index (χ2v) is 4.13. The van der Waals surface area contributed by atoms with E-state index in [-0.39, 0.29) is 5.78 Å². The Morgan fingerprint density at radius 2 is 2.08 bits per heavy atom. The number of halogens is 2. The molecule has 2 nitrogen and oxygen atoms in total. The van der Waals surface area contributed by atoms with E-state index in [9.17, 15) is 4.79 Å². The topological polar surface area (TPSA) is 40.9 Å². The molecule has 0 fully saturated rings. The van der Waals surface area contributed by atoms with Crippen LogP contribution in [0.3, 0.4) is 0 Å². The van der Waals surface area contributed by atoms with Crippen molar-refractivity contribution in [1.82, 2.24) is 0 Å². The first-order valence-electron chi connectivity index (χ1n) is 3.46. The molecule has 0 heterocycles. The molecule has 0 saturated heterocycles. The van der Waals surface area contributed by atoms with Crippen LogP contribution in [-0.2, 0) is 0 Å². The van der Waals surface area contributed by atoms with Crippen LogP contribution in [0, 0.1) is 11.3 Å². The van der Waals surface area contributed by atoms with Gasteiger partial charge in [0.25, 0.3) is 0 Å². The number of Topliss-reactive ketones (excluding diaryl/α,β-unsaturated/α-hetero) is 1. The summed E-state index contributed by atoms with van der Waals surface area (Å²) in [6.45, 7) is 1.47. The number of hydrogen-bond donors (Lipinski definition) is 0. The van der Waals surface area contributed by atoms with Gasteiger partial charge in [0.2, 0.25) is 0 Å². The van der Waals surface area contributed by atoms with E-state index in [1.165, 1.54) is 6.92 Å². The molecule has 0 aromatic heterocycles. The highest BCUT2D eigenvalue weighted by Crippen LogP contribution is 2.28. The molecule has 0 aliphatic rings. The molecular weight excluding hydrogens is 298 g/mol. The molecule has 0 atom stereocenters. The number of rotatable bonds is 1.